The Kier molecular flexibility index (Phi) is 8.10. The summed E-state index contributed by atoms with van der Waals surface area (Å²) < 4.78 is 42.3. The summed E-state index contributed by atoms with van der Waals surface area (Å²) in [7, 11) is 1.10. The first-order valence-electron chi connectivity index (χ1n) is 8.99. The molecule has 12 heteroatoms. The van der Waals surface area contributed by atoms with Crippen molar-refractivity contribution in [3.05, 3.63) is 29.8 Å². The Morgan fingerprint density at radius 3 is 2.53 bits per heavy atom. The summed E-state index contributed by atoms with van der Waals surface area (Å²) in [5.74, 6) is -2.27. The van der Waals surface area contributed by atoms with Crippen molar-refractivity contribution in [3.8, 4) is 0 Å². The van der Waals surface area contributed by atoms with E-state index in [9.17, 15) is 32.7 Å². The Labute approximate surface area is 174 Å². The molecule has 0 bridgehead atoms. The number of halogens is 3. The highest BCUT2D eigenvalue weighted by atomic mass is 32.2. The lowest BCUT2D eigenvalue weighted by Crippen LogP contribution is -2.65. The summed E-state index contributed by atoms with van der Waals surface area (Å²) in [6.07, 6.45) is 0.363. The Bertz CT molecular complexity index is 785. The zero-order valence-electron chi connectivity index (χ0n) is 16.0. The SMILES string of the molecule is COC(=O)C(CO)NC(=O)C1(NC(=O)c2cccc(SC(F)(F)F)c2)CCNCC1. The largest absolute Gasteiger partial charge is 0.467 e. The maximum atomic E-state index is 12.9. The van der Waals surface area contributed by atoms with Crippen molar-refractivity contribution in [1.82, 2.24) is 16.0 Å². The standard InChI is InChI=1S/C18H22F3N3O5S/c1-29-15(27)13(10-25)23-16(28)17(5-7-22-8-6-17)24-14(26)11-3-2-4-12(9-11)30-18(19,20)21/h2-4,9,13,22,25H,5-8,10H2,1H3,(H,23,28)(H,24,26). The van der Waals surface area contributed by atoms with E-state index < -0.39 is 41.5 Å². The number of benzene rings is 1. The Morgan fingerprint density at radius 1 is 1.30 bits per heavy atom. The third-order valence-corrected chi connectivity index (χ3v) is 5.27. The number of aliphatic hydroxyl groups excluding tert-OH is 1. The van der Waals surface area contributed by atoms with E-state index in [0.717, 1.165) is 13.2 Å². The van der Waals surface area contributed by atoms with Gasteiger partial charge in [0.15, 0.2) is 6.04 Å². The Hall–Kier alpha value is -2.31. The van der Waals surface area contributed by atoms with Crippen LogP contribution in [-0.4, -0.2) is 66.8 Å². The van der Waals surface area contributed by atoms with E-state index in [4.69, 9.17) is 0 Å². The van der Waals surface area contributed by atoms with Crippen LogP contribution in [0, 0.1) is 0 Å². The molecule has 1 fully saturated rings. The number of hydrogen-bond donors (Lipinski definition) is 4. The van der Waals surface area contributed by atoms with E-state index in [-0.39, 0.29) is 35.1 Å². The van der Waals surface area contributed by atoms with Gasteiger partial charge in [-0.1, -0.05) is 6.07 Å². The summed E-state index contributed by atoms with van der Waals surface area (Å²) in [6, 6.07) is 3.66. The molecule has 1 heterocycles. The van der Waals surface area contributed by atoms with Crippen molar-refractivity contribution in [2.75, 3.05) is 26.8 Å². The van der Waals surface area contributed by atoms with Crippen LogP contribution < -0.4 is 16.0 Å². The van der Waals surface area contributed by atoms with Crippen molar-refractivity contribution >= 4 is 29.5 Å². The van der Waals surface area contributed by atoms with Crippen LogP contribution in [0.25, 0.3) is 0 Å². The van der Waals surface area contributed by atoms with Crippen molar-refractivity contribution in [1.29, 1.82) is 0 Å². The number of methoxy groups -OCH3 is 1. The van der Waals surface area contributed by atoms with Gasteiger partial charge in [-0.05, 0) is 55.9 Å². The monoisotopic (exact) mass is 449 g/mol. The molecule has 1 aliphatic heterocycles. The minimum Gasteiger partial charge on any atom is -0.467 e. The van der Waals surface area contributed by atoms with Crippen molar-refractivity contribution in [2.45, 2.75) is 34.8 Å². The molecule has 0 saturated carbocycles. The number of hydrogen-bond acceptors (Lipinski definition) is 7. The van der Waals surface area contributed by atoms with Gasteiger partial charge in [0.05, 0.1) is 13.7 Å². The molecule has 1 aromatic rings. The molecule has 30 heavy (non-hydrogen) atoms. The highest BCUT2D eigenvalue weighted by Gasteiger charge is 2.42. The maximum absolute atomic E-state index is 12.9. The fourth-order valence-electron chi connectivity index (χ4n) is 3.00. The van der Waals surface area contributed by atoms with Gasteiger partial charge in [0.1, 0.15) is 5.54 Å². The molecule has 1 saturated heterocycles. The fraction of sp³-hybridized carbons (Fsp3) is 0.500. The Morgan fingerprint density at radius 2 is 1.97 bits per heavy atom. The van der Waals surface area contributed by atoms with Gasteiger partial charge in [0.25, 0.3) is 5.91 Å². The zero-order chi connectivity index (χ0) is 22.4. The van der Waals surface area contributed by atoms with Crippen LogP contribution >= 0.6 is 11.8 Å². The molecule has 0 spiro atoms. The summed E-state index contributed by atoms with van der Waals surface area (Å²) in [6.45, 7) is 0.0801. The number of amides is 2. The molecule has 4 N–H and O–H groups in total. The number of nitrogens with one attached hydrogen (secondary N) is 3. The zero-order valence-corrected chi connectivity index (χ0v) is 16.9. The molecule has 0 radical (unpaired) electrons. The molecule has 0 aliphatic carbocycles. The second kappa shape index (κ2) is 10.1. The van der Waals surface area contributed by atoms with Gasteiger partial charge < -0.3 is 25.8 Å². The Balaban J connectivity index is 2.21. The maximum Gasteiger partial charge on any atom is 0.446 e. The molecule has 1 unspecified atom stereocenters. The average Bonchev–Trinajstić information content (AvgIpc) is 2.70. The quantitative estimate of drug-likeness (QED) is 0.359. The smallest absolute Gasteiger partial charge is 0.446 e. The highest BCUT2D eigenvalue weighted by molar-refractivity contribution is 8.00. The fourth-order valence-corrected chi connectivity index (χ4v) is 3.60. The number of carbonyl (C=O) groups excluding carboxylic acids is 3. The third kappa shape index (κ3) is 6.34. The molecule has 1 aliphatic rings. The summed E-state index contributed by atoms with van der Waals surface area (Å²) in [5, 5.41) is 17.4. The first kappa shape index (κ1) is 24.0. The first-order valence-corrected chi connectivity index (χ1v) is 9.80. The normalized spacial score (nSPS) is 17.0. The number of thioether (sulfide) groups is 1. The number of alkyl halides is 3. The summed E-state index contributed by atoms with van der Waals surface area (Å²) in [4.78, 5) is 37.2. The lowest BCUT2D eigenvalue weighted by molar-refractivity contribution is -0.147. The van der Waals surface area contributed by atoms with Gasteiger partial charge in [-0.15, -0.1) is 0 Å². The van der Waals surface area contributed by atoms with Crippen molar-refractivity contribution in [3.63, 3.8) is 0 Å². The molecule has 1 aromatic carbocycles. The van der Waals surface area contributed by atoms with Gasteiger partial charge in [0, 0.05) is 10.5 Å². The number of rotatable bonds is 7. The lowest BCUT2D eigenvalue weighted by Gasteiger charge is -2.37. The van der Waals surface area contributed by atoms with Crippen LogP contribution in [0.5, 0.6) is 0 Å². The van der Waals surface area contributed by atoms with E-state index >= 15 is 0 Å². The van der Waals surface area contributed by atoms with E-state index in [2.05, 4.69) is 20.7 Å². The van der Waals surface area contributed by atoms with Crippen molar-refractivity contribution in [2.24, 2.45) is 0 Å². The van der Waals surface area contributed by atoms with Gasteiger partial charge in [-0.3, -0.25) is 9.59 Å². The number of carbonyl (C=O) groups is 3. The molecular formula is C18H22F3N3O5S. The van der Waals surface area contributed by atoms with E-state index in [1.165, 1.54) is 18.2 Å². The first-order chi connectivity index (χ1) is 14.1. The van der Waals surface area contributed by atoms with Crippen LogP contribution in [0.3, 0.4) is 0 Å². The highest BCUT2D eigenvalue weighted by Crippen LogP contribution is 2.37. The van der Waals surface area contributed by atoms with Crippen LogP contribution in [0.2, 0.25) is 0 Å². The third-order valence-electron chi connectivity index (χ3n) is 4.55. The van der Waals surface area contributed by atoms with Gasteiger partial charge >= 0.3 is 11.5 Å². The van der Waals surface area contributed by atoms with Crippen LogP contribution in [0.1, 0.15) is 23.2 Å². The van der Waals surface area contributed by atoms with E-state index in [0.29, 0.717) is 13.1 Å². The topological polar surface area (TPSA) is 117 Å². The van der Waals surface area contributed by atoms with Gasteiger partial charge in [-0.25, -0.2) is 4.79 Å². The predicted molar refractivity (Wildman–Crippen MR) is 102 cm³/mol. The lowest BCUT2D eigenvalue weighted by atomic mass is 9.86. The van der Waals surface area contributed by atoms with Crippen molar-refractivity contribution < 1.29 is 37.4 Å². The minimum absolute atomic E-state index is 0.0402. The number of piperidine rings is 1. The van der Waals surface area contributed by atoms with Crippen LogP contribution in [-0.2, 0) is 14.3 Å². The molecule has 2 rings (SSSR count). The number of ether oxygens (including phenoxy) is 1. The van der Waals surface area contributed by atoms with Crippen LogP contribution in [0.4, 0.5) is 13.2 Å². The molecular weight excluding hydrogens is 427 g/mol. The second-order valence-electron chi connectivity index (χ2n) is 6.59. The summed E-state index contributed by atoms with van der Waals surface area (Å²) in [5.41, 5.74) is -5.95. The molecule has 8 nitrogen and oxygen atoms in total. The summed E-state index contributed by atoms with van der Waals surface area (Å²) >= 11 is -0.348. The molecule has 1 atom stereocenters. The number of esters is 1. The van der Waals surface area contributed by atoms with E-state index in [1.54, 1.807) is 0 Å². The van der Waals surface area contributed by atoms with Crippen LogP contribution in [0.15, 0.2) is 29.2 Å². The van der Waals surface area contributed by atoms with Gasteiger partial charge in [-0.2, -0.15) is 13.2 Å². The second-order valence-corrected chi connectivity index (χ2v) is 7.73. The average molecular weight is 449 g/mol. The number of aliphatic hydroxyl groups is 1. The molecule has 166 valence electrons. The minimum atomic E-state index is -4.50. The van der Waals surface area contributed by atoms with Gasteiger partial charge in [0.2, 0.25) is 5.91 Å². The predicted octanol–water partition coefficient (Wildman–Crippen LogP) is 0.801. The molecule has 2 amide bonds. The van der Waals surface area contributed by atoms with E-state index in [1.807, 2.05) is 0 Å². The molecule has 0 aromatic heterocycles.